The molecule has 3 N–H and O–H groups in total. The number of hydrogen-bond donors (Lipinski definition) is 3. The first-order chi connectivity index (χ1) is 10.2. The molecule has 0 aliphatic carbocycles. The van der Waals surface area contributed by atoms with E-state index in [-0.39, 0.29) is 17.5 Å². The van der Waals surface area contributed by atoms with Gasteiger partial charge in [0.15, 0.2) is 0 Å². The maximum Gasteiger partial charge on any atom is 0.124 e. The summed E-state index contributed by atoms with van der Waals surface area (Å²) in [5.41, 5.74) is 0.915. The lowest BCUT2D eigenvalue weighted by Gasteiger charge is -2.43. The highest BCUT2D eigenvalue weighted by Gasteiger charge is 2.34. The van der Waals surface area contributed by atoms with Gasteiger partial charge in [0, 0.05) is 29.8 Å². The molecule has 3 atom stereocenters. The van der Waals surface area contributed by atoms with E-state index in [2.05, 4.69) is 17.1 Å². The first-order valence-corrected chi connectivity index (χ1v) is 8.18. The average Bonchev–Trinajstić information content (AvgIpc) is 3.01. The zero-order chi connectivity index (χ0) is 14.8. The number of phenols is 2. The van der Waals surface area contributed by atoms with Crippen LogP contribution in [0.2, 0.25) is 0 Å². The number of likely N-dealkylation sites (tertiary alicyclic amines) is 1. The number of rotatable bonds is 3. The summed E-state index contributed by atoms with van der Waals surface area (Å²) >= 11 is 0. The number of aromatic hydroxyl groups is 2. The molecule has 2 heterocycles. The predicted octanol–water partition coefficient (Wildman–Crippen LogP) is 2.77. The Morgan fingerprint density at radius 3 is 2.76 bits per heavy atom. The summed E-state index contributed by atoms with van der Waals surface area (Å²) in [5.74, 6) is 0.322. The second-order valence-electron chi connectivity index (χ2n) is 6.42. The second kappa shape index (κ2) is 6.24. The van der Waals surface area contributed by atoms with Crippen LogP contribution in [0, 0.1) is 0 Å². The van der Waals surface area contributed by atoms with E-state index in [0.29, 0.717) is 12.1 Å². The minimum Gasteiger partial charge on any atom is -0.508 e. The van der Waals surface area contributed by atoms with Gasteiger partial charge in [-0.3, -0.25) is 4.90 Å². The molecule has 0 amide bonds. The maximum atomic E-state index is 10.1. The highest BCUT2D eigenvalue weighted by molar-refractivity contribution is 5.40. The van der Waals surface area contributed by atoms with Gasteiger partial charge in [-0.15, -0.1) is 0 Å². The molecule has 2 saturated heterocycles. The molecule has 2 aliphatic heterocycles. The van der Waals surface area contributed by atoms with E-state index >= 15 is 0 Å². The molecule has 3 unspecified atom stereocenters. The largest absolute Gasteiger partial charge is 0.508 e. The van der Waals surface area contributed by atoms with Crippen molar-refractivity contribution in [2.45, 2.75) is 57.2 Å². The number of phenolic OH excluding ortho intramolecular Hbond substituents is 2. The summed E-state index contributed by atoms with van der Waals surface area (Å²) in [4.78, 5) is 2.54. The molecule has 2 fully saturated rings. The molecule has 1 aromatic rings. The zero-order valence-corrected chi connectivity index (χ0v) is 12.8. The summed E-state index contributed by atoms with van der Waals surface area (Å²) in [6.07, 6.45) is 6.30. The van der Waals surface area contributed by atoms with Crippen LogP contribution in [0.3, 0.4) is 0 Å². The standard InChI is InChI=1S/C17H26N2O2/c1-12(14-8-7-13(20)11-17(14)21)19-10-3-2-6-16(19)15-5-4-9-18-15/h7-8,11-12,15-16,18,20-21H,2-6,9-10H2,1H3. The highest BCUT2D eigenvalue weighted by atomic mass is 16.3. The summed E-state index contributed by atoms with van der Waals surface area (Å²) in [7, 11) is 0. The van der Waals surface area contributed by atoms with Crippen molar-refractivity contribution in [3.63, 3.8) is 0 Å². The number of hydrogen-bond acceptors (Lipinski definition) is 4. The fraction of sp³-hybridized carbons (Fsp3) is 0.647. The highest BCUT2D eigenvalue weighted by Crippen LogP contribution is 2.36. The summed E-state index contributed by atoms with van der Waals surface area (Å²) in [6.45, 7) is 4.39. The third-order valence-corrected chi connectivity index (χ3v) is 5.12. The molecule has 116 valence electrons. The van der Waals surface area contributed by atoms with Gasteiger partial charge in [-0.05, 0) is 51.8 Å². The molecule has 1 aromatic carbocycles. The van der Waals surface area contributed by atoms with Crippen LogP contribution in [0.4, 0.5) is 0 Å². The van der Waals surface area contributed by atoms with Crippen LogP contribution in [0.1, 0.15) is 50.6 Å². The molecule has 0 bridgehead atoms. The molecular formula is C17H26N2O2. The lowest BCUT2D eigenvalue weighted by Crippen LogP contribution is -2.50. The van der Waals surface area contributed by atoms with Crippen molar-refractivity contribution in [1.29, 1.82) is 0 Å². The zero-order valence-electron chi connectivity index (χ0n) is 12.8. The average molecular weight is 290 g/mol. The van der Waals surface area contributed by atoms with Crippen LogP contribution in [0.5, 0.6) is 11.5 Å². The van der Waals surface area contributed by atoms with E-state index in [1.165, 1.54) is 38.2 Å². The molecule has 4 heteroatoms. The lowest BCUT2D eigenvalue weighted by molar-refractivity contribution is 0.0791. The number of nitrogens with zero attached hydrogens (tertiary/aromatic N) is 1. The normalized spacial score (nSPS) is 28.6. The topological polar surface area (TPSA) is 55.7 Å². The maximum absolute atomic E-state index is 10.1. The Hall–Kier alpha value is -1.26. The summed E-state index contributed by atoms with van der Waals surface area (Å²) < 4.78 is 0. The molecule has 4 nitrogen and oxygen atoms in total. The molecule has 2 aliphatic rings. The Bertz CT molecular complexity index is 486. The van der Waals surface area contributed by atoms with Crippen molar-refractivity contribution >= 4 is 0 Å². The summed E-state index contributed by atoms with van der Waals surface area (Å²) in [6, 6.07) is 6.29. The van der Waals surface area contributed by atoms with Gasteiger partial charge in [0.1, 0.15) is 11.5 Å². The number of piperidine rings is 1. The minimum atomic E-state index is 0.121. The number of nitrogens with one attached hydrogen (secondary N) is 1. The van der Waals surface area contributed by atoms with E-state index in [1.54, 1.807) is 6.07 Å². The smallest absolute Gasteiger partial charge is 0.124 e. The molecule has 21 heavy (non-hydrogen) atoms. The van der Waals surface area contributed by atoms with E-state index in [1.807, 2.05) is 6.07 Å². The molecular weight excluding hydrogens is 264 g/mol. The van der Waals surface area contributed by atoms with Crippen molar-refractivity contribution in [1.82, 2.24) is 10.2 Å². The Labute approximate surface area is 126 Å². The molecule has 0 saturated carbocycles. The Balaban J connectivity index is 1.81. The fourth-order valence-corrected chi connectivity index (χ4v) is 4.00. The van der Waals surface area contributed by atoms with Crippen LogP contribution in [-0.2, 0) is 0 Å². The van der Waals surface area contributed by atoms with Crippen LogP contribution >= 0.6 is 0 Å². The van der Waals surface area contributed by atoms with Crippen molar-refractivity contribution in [3.8, 4) is 11.5 Å². The van der Waals surface area contributed by atoms with Gasteiger partial charge in [0.2, 0.25) is 0 Å². The Morgan fingerprint density at radius 2 is 2.05 bits per heavy atom. The van der Waals surface area contributed by atoms with Crippen LogP contribution in [-0.4, -0.2) is 40.3 Å². The quantitative estimate of drug-likeness (QED) is 0.801. The minimum absolute atomic E-state index is 0.121. The first-order valence-electron chi connectivity index (χ1n) is 8.18. The van der Waals surface area contributed by atoms with Gasteiger partial charge in [0.25, 0.3) is 0 Å². The third kappa shape index (κ3) is 3.01. The van der Waals surface area contributed by atoms with Gasteiger partial charge in [-0.2, -0.15) is 0 Å². The molecule has 0 aromatic heterocycles. The van der Waals surface area contributed by atoms with E-state index < -0.39 is 0 Å². The van der Waals surface area contributed by atoms with Crippen LogP contribution < -0.4 is 5.32 Å². The SMILES string of the molecule is CC(c1ccc(O)cc1O)N1CCCCC1C1CCCN1. The van der Waals surface area contributed by atoms with Crippen molar-refractivity contribution in [2.75, 3.05) is 13.1 Å². The van der Waals surface area contributed by atoms with Crippen molar-refractivity contribution in [2.24, 2.45) is 0 Å². The van der Waals surface area contributed by atoms with Crippen LogP contribution in [0.25, 0.3) is 0 Å². The fourth-order valence-electron chi connectivity index (χ4n) is 4.00. The monoisotopic (exact) mass is 290 g/mol. The Kier molecular flexibility index (Phi) is 4.36. The van der Waals surface area contributed by atoms with Crippen molar-refractivity contribution in [3.05, 3.63) is 23.8 Å². The number of benzene rings is 1. The van der Waals surface area contributed by atoms with Gasteiger partial charge in [0.05, 0.1) is 0 Å². The van der Waals surface area contributed by atoms with Crippen LogP contribution in [0.15, 0.2) is 18.2 Å². The van der Waals surface area contributed by atoms with Gasteiger partial charge >= 0.3 is 0 Å². The Morgan fingerprint density at radius 1 is 1.19 bits per heavy atom. The third-order valence-electron chi connectivity index (χ3n) is 5.12. The second-order valence-corrected chi connectivity index (χ2v) is 6.42. The molecule has 3 rings (SSSR count). The van der Waals surface area contributed by atoms with E-state index in [4.69, 9.17) is 0 Å². The predicted molar refractivity (Wildman–Crippen MR) is 83.6 cm³/mol. The molecule has 0 radical (unpaired) electrons. The van der Waals surface area contributed by atoms with Gasteiger partial charge in [-0.1, -0.05) is 12.5 Å². The first kappa shape index (κ1) is 14.7. The van der Waals surface area contributed by atoms with Gasteiger partial charge in [-0.25, -0.2) is 0 Å². The lowest BCUT2D eigenvalue weighted by atomic mass is 9.91. The van der Waals surface area contributed by atoms with Crippen molar-refractivity contribution < 1.29 is 10.2 Å². The van der Waals surface area contributed by atoms with E-state index in [0.717, 1.165) is 18.7 Å². The summed E-state index contributed by atoms with van der Waals surface area (Å²) in [5, 5.41) is 23.3. The van der Waals surface area contributed by atoms with E-state index in [9.17, 15) is 10.2 Å². The molecule has 0 spiro atoms. The van der Waals surface area contributed by atoms with Gasteiger partial charge < -0.3 is 15.5 Å².